The van der Waals surface area contributed by atoms with Crippen molar-refractivity contribution in [1.29, 1.82) is 0 Å². The number of hydrogen-bond donors (Lipinski definition) is 3. The summed E-state index contributed by atoms with van der Waals surface area (Å²) in [4.78, 5) is 0. The predicted octanol–water partition coefficient (Wildman–Crippen LogP) is 1.33. The van der Waals surface area contributed by atoms with Crippen molar-refractivity contribution in [3.8, 4) is 11.3 Å². The highest BCUT2D eigenvalue weighted by Gasteiger charge is 2.14. The van der Waals surface area contributed by atoms with Crippen LogP contribution in [0.2, 0.25) is 0 Å². The van der Waals surface area contributed by atoms with Gasteiger partial charge < -0.3 is 10.4 Å². The Morgan fingerprint density at radius 1 is 1.22 bits per heavy atom. The normalized spacial score (nSPS) is 11.7. The zero-order chi connectivity index (χ0) is 13.0. The second-order valence-corrected chi connectivity index (χ2v) is 4.90. The van der Waals surface area contributed by atoms with Crippen LogP contribution in [0.15, 0.2) is 30.3 Å². The molecule has 0 aliphatic heterocycles. The van der Waals surface area contributed by atoms with Crippen molar-refractivity contribution in [3.05, 3.63) is 36.0 Å². The van der Waals surface area contributed by atoms with Crippen LogP contribution in [-0.2, 0) is 6.54 Å². The fourth-order valence-corrected chi connectivity index (χ4v) is 1.69. The lowest BCUT2D eigenvalue weighted by Crippen LogP contribution is -2.34. The lowest BCUT2D eigenvalue weighted by molar-refractivity contribution is 0.0794. The van der Waals surface area contributed by atoms with Gasteiger partial charge in [-0.1, -0.05) is 30.3 Å². The summed E-state index contributed by atoms with van der Waals surface area (Å²) >= 11 is 0. The van der Waals surface area contributed by atoms with Gasteiger partial charge in [-0.3, -0.25) is 0 Å². The minimum absolute atomic E-state index is 0.508. The van der Waals surface area contributed by atoms with Gasteiger partial charge in [-0.05, 0) is 13.8 Å². The van der Waals surface area contributed by atoms with Gasteiger partial charge in [-0.15, -0.1) is 0 Å². The van der Waals surface area contributed by atoms with Gasteiger partial charge in [0.2, 0.25) is 0 Å². The minimum Gasteiger partial charge on any atom is -0.389 e. The molecule has 0 bridgehead atoms. The van der Waals surface area contributed by atoms with E-state index in [2.05, 4.69) is 20.7 Å². The molecule has 2 aromatic rings. The number of nitrogens with one attached hydrogen (secondary N) is 2. The topological polar surface area (TPSA) is 73.8 Å². The Hall–Kier alpha value is -1.72. The van der Waals surface area contributed by atoms with Crippen LogP contribution in [-0.4, -0.2) is 32.7 Å². The molecule has 0 aliphatic carbocycles. The van der Waals surface area contributed by atoms with Crippen LogP contribution in [0.1, 0.15) is 19.5 Å². The SMILES string of the molecule is CC(C)(O)CNCc1n[nH]nc1-c1ccccc1. The summed E-state index contributed by atoms with van der Waals surface area (Å²) in [6, 6.07) is 9.90. The summed E-state index contributed by atoms with van der Waals surface area (Å²) in [7, 11) is 0. The molecular weight excluding hydrogens is 228 g/mol. The molecule has 0 saturated carbocycles. The molecule has 5 nitrogen and oxygen atoms in total. The van der Waals surface area contributed by atoms with Crippen molar-refractivity contribution in [3.63, 3.8) is 0 Å². The van der Waals surface area contributed by atoms with Crippen molar-refractivity contribution < 1.29 is 5.11 Å². The Labute approximate surface area is 106 Å². The zero-order valence-electron chi connectivity index (χ0n) is 10.6. The van der Waals surface area contributed by atoms with Gasteiger partial charge in [-0.25, -0.2) is 0 Å². The van der Waals surface area contributed by atoms with Gasteiger partial charge in [0.25, 0.3) is 0 Å². The van der Waals surface area contributed by atoms with Crippen LogP contribution < -0.4 is 5.32 Å². The number of aliphatic hydroxyl groups is 1. The van der Waals surface area contributed by atoms with Crippen molar-refractivity contribution in [1.82, 2.24) is 20.7 Å². The number of H-pyrrole nitrogens is 1. The van der Waals surface area contributed by atoms with Crippen LogP contribution in [0.4, 0.5) is 0 Å². The molecule has 0 saturated heterocycles. The van der Waals surface area contributed by atoms with Crippen LogP contribution in [0.25, 0.3) is 11.3 Å². The summed E-state index contributed by atoms with van der Waals surface area (Å²) in [5.74, 6) is 0. The summed E-state index contributed by atoms with van der Waals surface area (Å²) in [5.41, 5.74) is 2.01. The van der Waals surface area contributed by atoms with Crippen molar-refractivity contribution in [2.45, 2.75) is 26.0 Å². The molecule has 0 amide bonds. The van der Waals surface area contributed by atoms with E-state index in [1.165, 1.54) is 0 Å². The summed E-state index contributed by atoms with van der Waals surface area (Å²) < 4.78 is 0. The highest BCUT2D eigenvalue weighted by Crippen LogP contribution is 2.18. The lowest BCUT2D eigenvalue weighted by atomic mass is 10.1. The number of benzene rings is 1. The maximum Gasteiger partial charge on any atom is 0.117 e. The Bertz CT molecular complexity index is 487. The first-order valence-electron chi connectivity index (χ1n) is 5.94. The summed E-state index contributed by atoms with van der Waals surface area (Å²) in [6.45, 7) is 4.61. The molecule has 0 aliphatic rings. The first kappa shape index (κ1) is 12.7. The first-order chi connectivity index (χ1) is 8.56. The highest BCUT2D eigenvalue weighted by atomic mass is 16.3. The first-order valence-corrected chi connectivity index (χ1v) is 5.94. The number of nitrogens with zero attached hydrogens (tertiary/aromatic N) is 2. The van der Waals surface area contributed by atoms with E-state index >= 15 is 0 Å². The van der Waals surface area contributed by atoms with Crippen LogP contribution >= 0.6 is 0 Å². The van der Waals surface area contributed by atoms with Gasteiger partial charge in [0.1, 0.15) is 11.4 Å². The third-order valence-corrected chi connectivity index (χ3v) is 2.52. The van der Waals surface area contributed by atoms with E-state index in [4.69, 9.17) is 0 Å². The second kappa shape index (κ2) is 5.29. The third kappa shape index (κ3) is 3.38. The van der Waals surface area contributed by atoms with Gasteiger partial charge in [0.05, 0.1) is 5.60 Å². The Kier molecular flexibility index (Phi) is 3.74. The van der Waals surface area contributed by atoms with E-state index in [9.17, 15) is 5.11 Å². The molecule has 2 rings (SSSR count). The summed E-state index contributed by atoms with van der Waals surface area (Å²) in [6.07, 6.45) is 0. The van der Waals surface area contributed by atoms with E-state index in [1.807, 2.05) is 30.3 Å². The van der Waals surface area contributed by atoms with E-state index in [-0.39, 0.29) is 0 Å². The average molecular weight is 246 g/mol. The molecule has 1 aromatic carbocycles. The molecule has 0 radical (unpaired) electrons. The molecule has 0 unspecified atom stereocenters. The molecule has 3 N–H and O–H groups in total. The van der Waals surface area contributed by atoms with E-state index in [0.29, 0.717) is 13.1 Å². The predicted molar refractivity (Wildman–Crippen MR) is 69.8 cm³/mol. The van der Waals surface area contributed by atoms with Crippen LogP contribution in [0, 0.1) is 0 Å². The molecule has 0 spiro atoms. The van der Waals surface area contributed by atoms with Gasteiger partial charge in [-0.2, -0.15) is 15.4 Å². The lowest BCUT2D eigenvalue weighted by Gasteiger charge is -2.17. The van der Waals surface area contributed by atoms with Crippen LogP contribution in [0.5, 0.6) is 0 Å². The molecule has 0 fully saturated rings. The number of rotatable bonds is 5. The molecule has 1 heterocycles. The maximum atomic E-state index is 9.63. The molecule has 5 heteroatoms. The third-order valence-electron chi connectivity index (χ3n) is 2.52. The smallest absolute Gasteiger partial charge is 0.117 e. The van der Waals surface area contributed by atoms with E-state index in [0.717, 1.165) is 17.0 Å². The zero-order valence-corrected chi connectivity index (χ0v) is 10.6. The number of hydrogen-bond acceptors (Lipinski definition) is 4. The maximum absolute atomic E-state index is 9.63. The number of aromatic nitrogens is 3. The Morgan fingerprint density at radius 2 is 1.94 bits per heavy atom. The van der Waals surface area contributed by atoms with E-state index < -0.39 is 5.60 Å². The van der Waals surface area contributed by atoms with Crippen molar-refractivity contribution >= 4 is 0 Å². The van der Waals surface area contributed by atoms with Crippen molar-refractivity contribution in [2.75, 3.05) is 6.54 Å². The Balaban J connectivity index is 2.05. The average Bonchev–Trinajstić information content (AvgIpc) is 2.77. The van der Waals surface area contributed by atoms with Crippen molar-refractivity contribution in [2.24, 2.45) is 0 Å². The van der Waals surface area contributed by atoms with Crippen LogP contribution in [0.3, 0.4) is 0 Å². The monoisotopic (exact) mass is 246 g/mol. The van der Waals surface area contributed by atoms with Gasteiger partial charge in [0.15, 0.2) is 0 Å². The minimum atomic E-state index is -0.726. The fourth-order valence-electron chi connectivity index (χ4n) is 1.69. The molecule has 0 atom stereocenters. The molecule has 1 aromatic heterocycles. The second-order valence-electron chi connectivity index (χ2n) is 4.90. The quantitative estimate of drug-likeness (QED) is 0.744. The summed E-state index contributed by atoms with van der Waals surface area (Å²) in [5, 5.41) is 23.7. The standard InChI is InChI=1S/C13H18N4O/c1-13(2,18)9-14-8-11-12(16-17-15-11)10-6-4-3-5-7-10/h3-7,14,18H,8-9H2,1-2H3,(H,15,16,17). The van der Waals surface area contributed by atoms with E-state index in [1.54, 1.807) is 13.8 Å². The van der Waals surface area contributed by atoms with Gasteiger partial charge in [0, 0.05) is 18.7 Å². The number of aromatic amines is 1. The molecular formula is C13H18N4O. The Morgan fingerprint density at radius 3 is 2.61 bits per heavy atom. The molecule has 96 valence electrons. The van der Waals surface area contributed by atoms with Gasteiger partial charge >= 0.3 is 0 Å². The fraction of sp³-hybridized carbons (Fsp3) is 0.385. The highest BCUT2D eigenvalue weighted by molar-refractivity contribution is 5.60. The molecule has 18 heavy (non-hydrogen) atoms. The largest absolute Gasteiger partial charge is 0.389 e.